The van der Waals surface area contributed by atoms with Crippen molar-refractivity contribution in [3.63, 3.8) is 0 Å². The molecule has 0 unspecified atom stereocenters. The number of ether oxygens (including phenoxy) is 1. The SMILES string of the molecule is CCCC[C@H](O)CN(Cc1c(-c2ccccc2)nn(C)c1Oc1ccc(C)cc1)CC(C)C. The average Bonchev–Trinajstić information content (AvgIpc) is 3.09. The van der Waals surface area contributed by atoms with E-state index < -0.39 is 0 Å². The maximum atomic E-state index is 10.7. The van der Waals surface area contributed by atoms with E-state index in [0.717, 1.165) is 54.3 Å². The van der Waals surface area contributed by atoms with Crippen LogP contribution in [0.5, 0.6) is 11.6 Å². The molecule has 0 aliphatic carbocycles. The van der Waals surface area contributed by atoms with Crippen molar-refractivity contribution in [1.29, 1.82) is 0 Å². The van der Waals surface area contributed by atoms with Gasteiger partial charge < -0.3 is 9.84 Å². The van der Waals surface area contributed by atoms with Crippen LogP contribution in [-0.2, 0) is 13.6 Å². The average molecular weight is 450 g/mol. The van der Waals surface area contributed by atoms with Gasteiger partial charge in [0.1, 0.15) is 11.4 Å². The van der Waals surface area contributed by atoms with Crippen LogP contribution in [0, 0.1) is 12.8 Å². The first-order valence-electron chi connectivity index (χ1n) is 12.1. The lowest BCUT2D eigenvalue weighted by Gasteiger charge is -2.27. The molecule has 3 rings (SSSR count). The summed E-state index contributed by atoms with van der Waals surface area (Å²) in [6.07, 6.45) is 2.63. The van der Waals surface area contributed by atoms with Gasteiger partial charge in [-0.25, -0.2) is 4.68 Å². The fourth-order valence-corrected chi connectivity index (χ4v) is 4.14. The van der Waals surface area contributed by atoms with Gasteiger partial charge in [0.25, 0.3) is 0 Å². The Morgan fingerprint density at radius 1 is 1.03 bits per heavy atom. The molecule has 0 saturated heterocycles. The zero-order valence-corrected chi connectivity index (χ0v) is 20.8. The molecule has 1 atom stereocenters. The lowest BCUT2D eigenvalue weighted by molar-refractivity contribution is 0.0929. The van der Waals surface area contributed by atoms with Crippen molar-refractivity contribution in [3.05, 3.63) is 65.7 Å². The van der Waals surface area contributed by atoms with Crippen molar-refractivity contribution in [3.8, 4) is 22.9 Å². The van der Waals surface area contributed by atoms with E-state index in [1.165, 1.54) is 5.56 Å². The van der Waals surface area contributed by atoms with E-state index in [0.29, 0.717) is 19.0 Å². The van der Waals surface area contributed by atoms with E-state index in [-0.39, 0.29) is 6.10 Å². The number of aliphatic hydroxyl groups excluding tert-OH is 1. The maximum absolute atomic E-state index is 10.7. The summed E-state index contributed by atoms with van der Waals surface area (Å²) in [4.78, 5) is 2.34. The molecule has 178 valence electrons. The number of rotatable bonds is 12. The molecule has 0 spiro atoms. The summed E-state index contributed by atoms with van der Waals surface area (Å²) in [5.41, 5.74) is 4.24. The molecule has 0 radical (unpaired) electrons. The van der Waals surface area contributed by atoms with Crippen LogP contribution in [0.2, 0.25) is 0 Å². The predicted molar refractivity (Wildman–Crippen MR) is 136 cm³/mol. The van der Waals surface area contributed by atoms with E-state index in [1.807, 2.05) is 42.1 Å². The molecule has 0 aliphatic rings. The van der Waals surface area contributed by atoms with E-state index >= 15 is 0 Å². The van der Waals surface area contributed by atoms with Gasteiger partial charge in [-0.3, -0.25) is 4.90 Å². The monoisotopic (exact) mass is 449 g/mol. The first kappa shape index (κ1) is 25.0. The first-order chi connectivity index (χ1) is 15.9. The molecule has 5 heteroatoms. The molecule has 33 heavy (non-hydrogen) atoms. The van der Waals surface area contributed by atoms with E-state index in [1.54, 1.807) is 0 Å². The second-order valence-corrected chi connectivity index (χ2v) is 9.42. The minimum atomic E-state index is -0.331. The summed E-state index contributed by atoms with van der Waals surface area (Å²) < 4.78 is 8.22. The van der Waals surface area contributed by atoms with Gasteiger partial charge in [-0.1, -0.05) is 81.6 Å². The van der Waals surface area contributed by atoms with Crippen LogP contribution in [0.1, 0.15) is 51.2 Å². The number of aromatic nitrogens is 2. The Labute approximate surface area is 199 Å². The van der Waals surface area contributed by atoms with Gasteiger partial charge in [0, 0.05) is 32.2 Å². The largest absolute Gasteiger partial charge is 0.439 e. The van der Waals surface area contributed by atoms with Crippen molar-refractivity contribution in [1.82, 2.24) is 14.7 Å². The molecule has 0 bridgehead atoms. The Bertz CT molecular complexity index is 980. The molecule has 1 N–H and O–H groups in total. The maximum Gasteiger partial charge on any atom is 0.222 e. The Kier molecular flexibility index (Phi) is 9.10. The molecule has 0 saturated carbocycles. The third-order valence-corrected chi connectivity index (χ3v) is 5.74. The second-order valence-electron chi connectivity index (χ2n) is 9.42. The molecule has 5 nitrogen and oxygen atoms in total. The highest BCUT2D eigenvalue weighted by Crippen LogP contribution is 2.34. The van der Waals surface area contributed by atoms with E-state index in [2.05, 4.69) is 56.9 Å². The molecule has 0 fully saturated rings. The number of nitrogens with zero attached hydrogens (tertiary/aromatic N) is 3. The van der Waals surface area contributed by atoms with E-state index in [4.69, 9.17) is 9.84 Å². The van der Waals surface area contributed by atoms with Crippen molar-refractivity contribution in [2.24, 2.45) is 13.0 Å². The summed E-state index contributed by atoms with van der Waals surface area (Å²) in [6.45, 7) is 10.9. The van der Waals surface area contributed by atoms with Crippen LogP contribution in [0.15, 0.2) is 54.6 Å². The third-order valence-electron chi connectivity index (χ3n) is 5.74. The van der Waals surface area contributed by atoms with Gasteiger partial charge in [-0.15, -0.1) is 0 Å². The molecular weight excluding hydrogens is 410 g/mol. The van der Waals surface area contributed by atoms with Gasteiger partial charge in [-0.05, 0) is 31.4 Å². The normalized spacial score (nSPS) is 12.5. The van der Waals surface area contributed by atoms with E-state index in [9.17, 15) is 5.11 Å². The smallest absolute Gasteiger partial charge is 0.222 e. The second kappa shape index (κ2) is 12.0. The van der Waals surface area contributed by atoms with Gasteiger partial charge in [0.15, 0.2) is 0 Å². The Morgan fingerprint density at radius 2 is 1.73 bits per heavy atom. The van der Waals surface area contributed by atoms with Gasteiger partial charge in [0.05, 0.1) is 11.7 Å². The number of aliphatic hydroxyl groups is 1. The highest BCUT2D eigenvalue weighted by atomic mass is 16.5. The molecule has 1 heterocycles. The standard InChI is InChI=1S/C28H39N3O2/c1-6-7-13-24(32)19-31(18-21(2)3)20-26-27(23-11-9-8-10-12-23)29-30(5)28(26)33-25-16-14-22(4)15-17-25/h8-12,14-17,21,24,32H,6-7,13,18-20H2,1-5H3/t24-/m0/s1. The number of benzene rings is 2. The van der Waals surface area contributed by atoms with Crippen LogP contribution in [0.25, 0.3) is 11.3 Å². The molecular formula is C28H39N3O2. The fraction of sp³-hybridized carbons (Fsp3) is 0.464. The number of hydrogen-bond donors (Lipinski definition) is 1. The number of unbranched alkanes of at least 4 members (excludes halogenated alkanes) is 1. The zero-order valence-electron chi connectivity index (χ0n) is 20.8. The number of aryl methyl sites for hydroxylation is 2. The van der Waals surface area contributed by atoms with Crippen LogP contribution in [-0.4, -0.2) is 39.0 Å². The van der Waals surface area contributed by atoms with Crippen molar-refractivity contribution in [2.45, 2.75) is 59.6 Å². The first-order valence-corrected chi connectivity index (χ1v) is 12.1. The topological polar surface area (TPSA) is 50.5 Å². The summed E-state index contributed by atoms with van der Waals surface area (Å²) >= 11 is 0. The lowest BCUT2D eigenvalue weighted by Crippen LogP contribution is -2.35. The van der Waals surface area contributed by atoms with Crippen LogP contribution < -0.4 is 4.74 Å². The van der Waals surface area contributed by atoms with Gasteiger partial charge in [-0.2, -0.15) is 5.10 Å². The minimum Gasteiger partial charge on any atom is -0.439 e. The van der Waals surface area contributed by atoms with Crippen LogP contribution in [0.4, 0.5) is 0 Å². The Balaban J connectivity index is 1.97. The lowest BCUT2D eigenvalue weighted by atomic mass is 10.1. The summed E-state index contributed by atoms with van der Waals surface area (Å²) in [6, 6.07) is 18.4. The molecule has 2 aromatic carbocycles. The Morgan fingerprint density at radius 3 is 2.36 bits per heavy atom. The van der Waals surface area contributed by atoms with Crippen molar-refractivity contribution in [2.75, 3.05) is 13.1 Å². The fourth-order valence-electron chi connectivity index (χ4n) is 4.14. The van der Waals surface area contributed by atoms with Gasteiger partial charge in [0.2, 0.25) is 5.88 Å². The van der Waals surface area contributed by atoms with Crippen LogP contribution in [0.3, 0.4) is 0 Å². The summed E-state index contributed by atoms with van der Waals surface area (Å²) in [5, 5.41) is 15.5. The number of hydrogen-bond acceptors (Lipinski definition) is 4. The van der Waals surface area contributed by atoms with Crippen molar-refractivity contribution >= 4 is 0 Å². The molecule has 0 aliphatic heterocycles. The highest BCUT2D eigenvalue weighted by molar-refractivity contribution is 5.65. The minimum absolute atomic E-state index is 0.331. The Hall–Kier alpha value is -2.63. The van der Waals surface area contributed by atoms with Crippen molar-refractivity contribution < 1.29 is 9.84 Å². The summed E-state index contributed by atoms with van der Waals surface area (Å²) in [5.74, 6) is 2.03. The van der Waals surface area contributed by atoms with Crippen LogP contribution >= 0.6 is 0 Å². The molecule has 1 aromatic heterocycles. The molecule has 3 aromatic rings. The summed E-state index contributed by atoms with van der Waals surface area (Å²) in [7, 11) is 1.93. The quantitative estimate of drug-likeness (QED) is 0.358. The predicted octanol–water partition coefficient (Wildman–Crippen LogP) is 6.20. The molecule has 0 amide bonds. The highest BCUT2D eigenvalue weighted by Gasteiger charge is 2.23. The third kappa shape index (κ3) is 7.18. The van der Waals surface area contributed by atoms with Gasteiger partial charge >= 0.3 is 0 Å². The zero-order chi connectivity index (χ0) is 23.8.